The van der Waals surface area contributed by atoms with Gasteiger partial charge in [-0.25, -0.2) is 9.69 Å². The molecule has 1 fully saturated rings. The molecular formula is C21H18N2O6. The number of ether oxygens (including phenoxy) is 2. The molecule has 0 radical (unpaired) electrons. The van der Waals surface area contributed by atoms with Gasteiger partial charge < -0.3 is 9.47 Å². The van der Waals surface area contributed by atoms with Gasteiger partial charge in [-0.2, -0.15) is 0 Å². The number of carbonyl (C=O) groups excluding carboxylic acids is 4. The molecule has 0 aromatic heterocycles. The minimum Gasteiger partial charge on any atom is -0.493 e. The van der Waals surface area contributed by atoms with Crippen LogP contribution in [0.15, 0.2) is 48.0 Å². The molecule has 2 aromatic rings. The lowest BCUT2D eigenvalue weighted by Gasteiger charge is -2.27. The van der Waals surface area contributed by atoms with E-state index < -0.39 is 23.8 Å². The topological polar surface area (TPSA) is 102 Å². The lowest BCUT2D eigenvalue weighted by atomic mass is 10.1. The molecular weight excluding hydrogens is 376 g/mol. The Morgan fingerprint density at radius 1 is 1.07 bits per heavy atom. The summed E-state index contributed by atoms with van der Waals surface area (Å²) in [6.07, 6.45) is 1.34. The molecule has 4 amide bonds. The molecule has 0 aliphatic carbocycles. The molecule has 1 aliphatic heterocycles. The second kappa shape index (κ2) is 7.97. The van der Waals surface area contributed by atoms with Crippen molar-refractivity contribution < 1.29 is 28.7 Å². The molecule has 8 heteroatoms. The van der Waals surface area contributed by atoms with Crippen LogP contribution in [0.4, 0.5) is 10.5 Å². The first-order valence-corrected chi connectivity index (χ1v) is 8.65. The van der Waals surface area contributed by atoms with Crippen LogP contribution in [0.1, 0.15) is 18.1 Å². The first-order valence-electron chi connectivity index (χ1n) is 8.65. The van der Waals surface area contributed by atoms with Gasteiger partial charge in [-0.05, 0) is 42.3 Å². The Kier molecular flexibility index (Phi) is 5.45. The van der Waals surface area contributed by atoms with Crippen molar-refractivity contribution in [3.63, 3.8) is 0 Å². The lowest BCUT2D eigenvalue weighted by Crippen LogP contribution is -2.54. The van der Waals surface area contributed by atoms with Crippen LogP contribution in [-0.4, -0.2) is 30.9 Å². The number of hydrogen-bond acceptors (Lipinski definition) is 6. The van der Waals surface area contributed by atoms with Crippen LogP contribution in [0.2, 0.25) is 0 Å². The average Bonchev–Trinajstić information content (AvgIpc) is 2.67. The predicted molar refractivity (Wildman–Crippen MR) is 104 cm³/mol. The minimum atomic E-state index is -0.811. The number of imide groups is 2. The van der Waals surface area contributed by atoms with Gasteiger partial charge in [0.25, 0.3) is 11.8 Å². The highest BCUT2D eigenvalue weighted by molar-refractivity contribution is 6.39. The third-order valence-electron chi connectivity index (χ3n) is 4.21. The fourth-order valence-corrected chi connectivity index (χ4v) is 2.87. The van der Waals surface area contributed by atoms with E-state index in [0.717, 1.165) is 4.90 Å². The number of barbiturate groups is 1. The molecule has 0 atom stereocenters. The van der Waals surface area contributed by atoms with Crippen molar-refractivity contribution in [2.45, 2.75) is 13.8 Å². The van der Waals surface area contributed by atoms with Crippen LogP contribution in [0.5, 0.6) is 11.5 Å². The normalized spacial score (nSPS) is 15.3. The highest BCUT2D eigenvalue weighted by atomic mass is 16.6. The summed E-state index contributed by atoms with van der Waals surface area (Å²) in [5.74, 6) is -1.59. The van der Waals surface area contributed by atoms with E-state index in [4.69, 9.17) is 9.47 Å². The number of hydrogen-bond donors (Lipinski definition) is 1. The Morgan fingerprint density at radius 3 is 2.45 bits per heavy atom. The monoisotopic (exact) mass is 394 g/mol. The van der Waals surface area contributed by atoms with E-state index >= 15 is 0 Å². The number of carbonyl (C=O) groups is 4. The number of nitrogens with zero attached hydrogens (tertiary/aromatic N) is 1. The number of amides is 4. The van der Waals surface area contributed by atoms with Crippen molar-refractivity contribution in [2.24, 2.45) is 0 Å². The first-order chi connectivity index (χ1) is 13.8. The molecule has 8 nitrogen and oxygen atoms in total. The number of benzene rings is 2. The van der Waals surface area contributed by atoms with Crippen LogP contribution >= 0.6 is 0 Å². The SMILES string of the molecule is COc1cc(/C=C2/C(=O)NC(=O)N(c3ccccc3C)C2=O)ccc1OC(C)=O. The van der Waals surface area contributed by atoms with Gasteiger partial charge in [-0.3, -0.25) is 19.7 Å². The van der Waals surface area contributed by atoms with Crippen molar-refractivity contribution in [1.82, 2.24) is 5.32 Å². The Morgan fingerprint density at radius 2 is 1.79 bits per heavy atom. The number of rotatable bonds is 4. The standard InChI is InChI=1S/C21H18N2O6/c1-12-6-4-5-7-16(12)23-20(26)15(19(25)22-21(23)27)10-14-8-9-17(29-13(2)24)18(11-14)28-3/h4-11H,1-3H3,(H,22,25,27)/b15-10-. The summed E-state index contributed by atoms with van der Waals surface area (Å²) in [5.41, 5.74) is 1.33. The van der Waals surface area contributed by atoms with Crippen molar-refractivity contribution >= 4 is 35.6 Å². The van der Waals surface area contributed by atoms with Gasteiger partial charge in [0.15, 0.2) is 11.5 Å². The maximum atomic E-state index is 12.9. The Balaban J connectivity index is 2.01. The summed E-state index contributed by atoms with van der Waals surface area (Å²) in [6.45, 7) is 3.02. The van der Waals surface area contributed by atoms with E-state index in [9.17, 15) is 19.2 Å². The van der Waals surface area contributed by atoms with Gasteiger partial charge in [0.05, 0.1) is 12.8 Å². The molecule has 2 aromatic carbocycles. The summed E-state index contributed by atoms with van der Waals surface area (Å²) in [7, 11) is 1.40. The summed E-state index contributed by atoms with van der Waals surface area (Å²) in [4.78, 5) is 49.6. The molecule has 1 heterocycles. The largest absolute Gasteiger partial charge is 0.493 e. The summed E-state index contributed by atoms with van der Waals surface area (Å²) in [5, 5.41) is 2.18. The van der Waals surface area contributed by atoms with Crippen molar-refractivity contribution in [1.29, 1.82) is 0 Å². The maximum absolute atomic E-state index is 12.9. The number of aryl methyl sites for hydroxylation is 1. The fraction of sp³-hybridized carbons (Fsp3) is 0.143. The van der Waals surface area contributed by atoms with Gasteiger partial charge in [-0.15, -0.1) is 0 Å². The van der Waals surface area contributed by atoms with Crippen molar-refractivity contribution in [3.05, 3.63) is 59.2 Å². The molecule has 1 aliphatic rings. The Hall–Kier alpha value is -3.94. The zero-order chi connectivity index (χ0) is 21.1. The summed E-state index contributed by atoms with van der Waals surface area (Å²) in [6, 6.07) is 10.6. The van der Waals surface area contributed by atoms with Crippen LogP contribution in [0, 0.1) is 6.92 Å². The van der Waals surface area contributed by atoms with E-state index in [1.54, 1.807) is 37.3 Å². The average molecular weight is 394 g/mol. The quantitative estimate of drug-likeness (QED) is 0.370. The van der Waals surface area contributed by atoms with Crippen LogP contribution in [0.25, 0.3) is 6.08 Å². The summed E-state index contributed by atoms with van der Waals surface area (Å²) < 4.78 is 10.2. The molecule has 0 spiro atoms. The van der Waals surface area contributed by atoms with E-state index in [1.807, 2.05) is 0 Å². The van der Waals surface area contributed by atoms with Crippen molar-refractivity contribution in [2.75, 3.05) is 12.0 Å². The van der Waals surface area contributed by atoms with E-state index in [-0.39, 0.29) is 17.1 Å². The molecule has 29 heavy (non-hydrogen) atoms. The zero-order valence-electron chi connectivity index (χ0n) is 16.0. The van der Waals surface area contributed by atoms with Gasteiger partial charge in [-0.1, -0.05) is 24.3 Å². The van der Waals surface area contributed by atoms with Gasteiger partial charge >= 0.3 is 12.0 Å². The number of methoxy groups -OCH3 is 1. The predicted octanol–water partition coefficient (Wildman–Crippen LogP) is 2.60. The number of esters is 1. The van der Waals surface area contributed by atoms with Gasteiger partial charge in [0, 0.05) is 6.92 Å². The van der Waals surface area contributed by atoms with Gasteiger partial charge in [0.2, 0.25) is 0 Å². The highest BCUT2D eigenvalue weighted by Gasteiger charge is 2.37. The van der Waals surface area contributed by atoms with Gasteiger partial charge in [0.1, 0.15) is 5.57 Å². The lowest BCUT2D eigenvalue weighted by molar-refractivity contribution is -0.132. The number of para-hydroxylation sites is 1. The van der Waals surface area contributed by atoms with Crippen LogP contribution in [0.3, 0.4) is 0 Å². The number of urea groups is 1. The second-order valence-corrected chi connectivity index (χ2v) is 6.25. The fourth-order valence-electron chi connectivity index (χ4n) is 2.87. The maximum Gasteiger partial charge on any atom is 0.335 e. The van der Waals surface area contributed by atoms with Crippen LogP contribution < -0.4 is 19.7 Å². The summed E-state index contributed by atoms with van der Waals surface area (Å²) >= 11 is 0. The second-order valence-electron chi connectivity index (χ2n) is 6.25. The minimum absolute atomic E-state index is 0.207. The smallest absolute Gasteiger partial charge is 0.335 e. The first kappa shape index (κ1) is 19.8. The van der Waals surface area contributed by atoms with Crippen LogP contribution in [-0.2, 0) is 14.4 Å². The van der Waals surface area contributed by atoms with Crippen molar-refractivity contribution in [3.8, 4) is 11.5 Å². The molecule has 1 saturated heterocycles. The zero-order valence-corrected chi connectivity index (χ0v) is 16.0. The number of anilines is 1. The molecule has 1 N–H and O–H groups in total. The molecule has 148 valence electrons. The Bertz CT molecular complexity index is 1060. The molecule has 0 unspecified atom stereocenters. The van der Waals surface area contributed by atoms with E-state index in [0.29, 0.717) is 16.8 Å². The third-order valence-corrected chi connectivity index (χ3v) is 4.21. The number of nitrogens with one attached hydrogen (secondary N) is 1. The Labute approximate surface area is 166 Å². The van der Waals surface area contributed by atoms with E-state index in [2.05, 4.69) is 5.32 Å². The van der Waals surface area contributed by atoms with E-state index in [1.165, 1.54) is 32.2 Å². The highest BCUT2D eigenvalue weighted by Crippen LogP contribution is 2.30. The molecule has 0 bridgehead atoms. The third kappa shape index (κ3) is 4.01. The molecule has 0 saturated carbocycles. The molecule has 3 rings (SSSR count).